The molecule has 0 spiro atoms. The van der Waals surface area contributed by atoms with Gasteiger partial charge in [-0.3, -0.25) is 14.4 Å². The lowest BCUT2D eigenvalue weighted by atomic mass is 10.1. The van der Waals surface area contributed by atoms with Gasteiger partial charge in [-0.15, -0.1) is 0 Å². The Bertz CT molecular complexity index is 1280. The Kier molecular flexibility index (Phi) is 8.61. The predicted octanol–water partition coefficient (Wildman–Crippen LogP) is 5.01. The van der Waals surface area contributed by atoms with Crippen LogP contribution in [0.15, 0.2) is 71.2 Å². The first-order chi connectivity index (χ1) is 17.8. The van der Waals surface area contributed by atoms with Crippen molar-refractivity contribution >= 4 is 45.0 Å². The zero-order valence-corrected chi connectivity index (χ0v) is 22.5. The number of nitrogens with one attached hydrogen (secondary N) is 2. The molecule has 7 nitrogen and oxygen atoms in total. The first-order valence-corrected chi connectivity index (χ1v) is 13.1. The lowest BCUT2D eigenvalue weighted by Crippen LogP contribution is -2.32. The van der Waals surface area contributed by atoms with Crippen molar-refractivity contribution in [1.82, 2.24) is 5.32 Å². The molecule has 1 saturated heterocycles. The summed E-state index contributed by atoms with van der Waals surface area (Å²) in [7, 11) is 0. The second-order valence-corrected chi connectivity index (χ2v) is 10.00. The Balaban J connectivity index is 1.26. The van der Waals surface area contributed by atoms with E-state index in [1.54, 1.807) is 29.2 Å². The second kappa shape index (κ2) is 12.1. The number of carbonyl (C=O) groups excluding carboxylic acids is 3. The van der Waals surface area contributed by atoms with Crippen LogP contribution in [0.1, 0.15) is 30.0 Å². The molecule has 0 saturated carbocycles. The van der Waals surface area contributed by atoms with E-state index in [0.717, 1.165) is 27.7 Å². The molecule has 3 aromatic rings. The Morgan fingerprint density at radius 2 is 1.73 bits per heavy atom. The minimum Gasteiger partial charge on any atom is -0.484 e. The summed E-state index contributed by atoms with van der Waals surface area (Å²) in [6.45, 7) is 4.65. The molecular weight excluding hydrogens is 534 g/mol. The Morgan fingerprint density at radius 1 is 1.03 bits per heavy atom. The molecule has 2 N–H and O–H groups in total. The predicted molar refractivity (Wildman–Crippen MR) is 148 cm³/mol. The summed E-state index contributed by atoms with van der Waals surface area (Å²) in [5.74, 6) is -0.363. The Morgan fingerprint density at radius 3 is 2.41 bits per heavy atom. The van der Waals surface area contributed by atoms with Gasteiger partial charge in [0.15, 0.2) is 6.61 Å². The van der Waals surface area contributed by atoms with Gasteiger partial charge in [0.25, 0.3) is 5.91 Å². The number of hydrogen-bond donors (Lipinski definition) is 2. The molecule has 0 aliphatic carbocycles. The molecule has 0 unspecified atom stereocenters. The summed E-state index contributed by atoms with van der Waals surface area (Å²) in [6, 6.07) is 20.7. The van der Waals surface area contributed by atoms with E-state index in [4.69, 9.17) is 4.74 Å². The third-order valence-corrected chi connectivity index (χ3v) is 6.87. The van der Waals surface area contributed by atoms with E-state index in [1.807, 2.05) is 37.3 Å². The highest BCUT2D eigenvalue weighted by Crippen LogP contribution is 2.27. The van der Waals surface area contributed by atoms with Crippen molar-refractivity contribution < 1.29 is 19.1 Å². The third kappa shape index (κ3) is 6.98. The van der Waals surface area contributed by atoms with Crippen molar-refractivity contribution in [2.45, 2.75) is 33.2 Å². The van der Waals surface area contributed by atoms with Crippen molar-refractivity contribution in [3.63, 3.8) is 0 Å². The molecule has 1 heterocycles. The molecule has 1 fully saturated rings. The van der Waals surface area contributed by atoms with Crippen molar-refractivity contribution in [3.05, 3.63) is 87.9 Å². The van der Waals surface area contributed by atoms with E-state index in [0.29, 0.717) is 24.5 Å². The summed E-state index contributed by atoms with van der Waals surface area (Å²) in [4.78, 5) is 39.2. The largest absolute Gasteiger partial charge is 0.484 e. The molecular formula is C29H30BrN3O4. The lowest BCUT2D eigenvalue weighted by molar-refractivity contribution is -0.126. The quantitative estimate of drug-likeness (QED) is 0.383. The number of carbonyl (C=O) groups is 3. The summed E-state index contributed by atoms with van der Waals surface area (Å²) in [6.07, 6.45) is 1.15. The summed E-state index contributed by atoms with van der Waals surface area (Å²) in [5.41, 5.74) is 4.65. The van der Waals surface area contributed by atoms with Crippen molar-refractivity contribution in [3.8, 4) is 5.75 Å². The van der Waals surface area contributed by atoms with Crippen LogP contribution in [-0.2, 0) is 27.3 Å². The zero-order valence-electron chi connectivity index (χ0n) is 20.9. The van der Waals surface area contributed by atoms with Gasteiger partial charge >= 0.3 is 0 Å². The standard InChI is InChI=1S/C29H30BrN3O4/c1-3-20-4-6-21(7-5-20)16-31-29(36)22-15-28(35)33(17-22)24-9-11-25(12-10-24)37-18-27(34)32-26-13-8-23(30)14-19(26)2/h4-14,22H,3,15-18H2,1-2H3,(H,31,36)(H,32,34)/t22-/m0/s1. The van der Waals surface area contributed by atoms with E-state index in [1.165, 1.54) is 5.56 Å². The monoisotopic (exact) mass is 563 g/mol. The normalized spacial score (nSPS) is 14.9. The Labute approximate surface area is 225 Å². The van der Waals surface area contributed by atoms with Gasteiger partial charge in [0, 0.05) is 35.4 Å². The van der Waals surface area contributed by atoms with Crippen LogP contribution in [0.2, 0.25) is 0 Å². The van der Waals surface area contributed by atoms with E-state index < -0.39 is 5.92 Å². The van der Waals surface area contributed by atoms with Crippen LogP contribution in [0.5, 0.6) is 5.75 Å². The molecule has 37 heavy (non-hydrogen) atoms. The number of rotatable bonds is 9. The molecule has 0 bridgehead atoms. The summed E-state index contributed by atoms with van der Waals surface area (Å²) in [5, 5.41) is 5.79. The second-order valence-electron chi connectivity index (χ2n) is 9.08. The maximum absolute atomic E-state index is 12.7. The Hall–Kier alpha value is -3.65. The third-order valence-electron chi connectivity index (χ3n) is 6.37. The highest BCUT2D eigenvalue weighted by atomic mass is 79.9. The van der Waals surface area contributed by atoms with Crippen LogP contribution in [0.25, 0.3) is 0 Å². The van der Waals surface area contributed by atoms with E-state index in [-0.39, 0.29) is 30.7 Å². The minimum absolute atomic E-state index is 0.0923. The molecule has 3 aromatic carbocycles. The van der Waals surface area contributed by atoms with Crippen molar-refractivity contribution in [2.75, 3.05) is 23.4 Å². The zero-order chi connectivity index (χ0) is 26.4. The van der Waals surface area contributed by atoms with Gasteiger partial charge in [-0.25, -0.2) is 0 Å². The van der Waals surface area contributed by atoms with Gasteiger partial charge in [0.05, 0.1) is 5.92 Å². The fourth-order valence-electron chi connectivity index (χ4n) is 4.18. The van der Waals surface area contributed by atoms with E-state index in [9.17, 15) is 14.4 Å². The molecule has 8 heteroatoms. The SMILES string of the molecule is CCc1ccc(CNC(=O)[C@H]2CC(=O)N(c3ccc(OCC(=O)Nc4ccc(Br)cc4C)cc3)C2)cc1. The van der Waals surface area contributed by atoms with Crippen molar-refractivity contribution in [1.29, 1.82) is 0 Å². The lowest BCUT2D eigenvalue weighted by Gasteiger charge is -2.17. The molecule has 192 valence electrons. The number of benzene rings is 3. The van der Waals surface area contributed by atoms with E-state index >= 15 is 0 Å². The number of ether oxygens (including phenoxy) is 1. The molecule has 0 aromatic heterocycles. The van der Waals surface area contributed by atoms with Crippen LogP contribution in [0.3, 0.4) is 0 Å². The molecule has 1 aliphatic rings. The molecule has 1 atom stereocenters. The number of aryl methyl sites for hydroxylation is 2. The molecule has 3 amide bonds. The minimum atomic E-state index is -0.399. The highest BCUT2D eigenvalue weighted by Gasteiger charge is 2.35. The smallest absolute Gasteiger partial charge is 0.262 e. The van der Waals surface area contributed by atoms with Gasteiger partial charge in [-0.2, -0.15) is 0 Å². The number of anilines is 2. The average molecular weight is 564 g/mol. The number of hydrogen-bond acceptors (Lipinski definition) is 4. The van der Waals surface area contributed by atoms with Crippen LogP contribution >= 0.6 is 15.9 Å². The van der Waals surface area contributed by atoms with Gasteiger partial charge in [0.1, 0.15) is 5.75 Å². The first-order valence-electron chi connectivity index (χ1n) is 12.3. The van der Waals surface area contributed by atoms with E-state index in [2.05, 4.69) is 45.6 Å². The van der Waals surface area contributed by atoms with Crippen molar-refractivity contribution in [2.24, 2.45) is 5.92 Å². The van der Waals surface area contributed by atoms with Gasteiger partial charge < -0.3 is 20.3 Å². The number of amides is 3. The average Bonchev–Trinajstić information content (AvgIpc) is 3.30. The van der Waals surface area contributed by atoms with Crippen LogP contribution in [-0.4, -0.2) is 30.9 Å². The number of nitrogens with zero attached hydrogens (tertiary/aromatic N) is 1. The van der Waals surface area contributed by atoms with Crippen LogP contribution < -0.4 is 20.3 Å². The maximum Gasteiger partial charge on any atom is 0.262 e. The van der Waals surface area contributed by atoms with Gasteiger partial charge in [-0.05, 0) is 72.5 Å². The van der Waals surface area contributed by atoms with Gasteiger partial charge in [-0.1, -0.05) is 47.1 Å². The topological polar surface area (TPSA) is 87.7 Å². The number of halogens is 1. The summed E-state index contributed by atoms with van der Waals surface area (Å²) >= 11 is 3.41. The fourth-order valence-corrected chi connectivity index (χ4v) is 4.66. The first kappa shape index (κ1) is 26.4. The maximum atomic E-state index is 12.7. The molecule has 1 aliphatic heterocycles. The molecule has 4 rings (SSSR count). The van der Waals surface area contributed by atoms with Gasteiger partial charge in [0.2, 0.25) is 11.8 Å². The summed E-state index contributed by atoms with van der Waals surface area (Å²) < 4.78 is 6.55. The fraction of sp³-hybridized carbons (Fsp3) is 0.276. The van der Waals surface area contributed by atoms with Crippen LogP contribution in [0.4, 0.5) is 11.4 Å². The highest BCUT2D eigenvalue weighted by molar-refractivity contribution is 9.10. The molecule has 0 radical (unpaired) electrons. The van der Waals surface area contributed by atoms with Crippen LogP contribution in [0, 0.1) is 12.8 Å².